The second-order valence-electron chi connectivity index (χ2n) is 4.71. The first-order valence-electron chi connectivity index (χ1n) is 6.37. The number of hydrogen-bond acceptors (Lipinski definition) is 3. The Morgan fingerprint density at radius 3 is 2.67 bits per heavy atom. The summed E-state index contributed by atoms with van der Waals surface area (Å²) in [6, 6.07) is 14.5. The maximum Gasteiger partial charge on any atom is 0.131 e. The lowest BCUT2D eigenvalue weighted by Crippen LogP contribution is -2.23. The Labute approximate surface area is 107 Å². The van der Waals surface area contributed by atoms with Gasteiger partial charge in [-0.05, 0) is 36.1 Å². The smallest absolute Gasteiger partial charge is 0.131 e. The molecular formula is C15H17N3. The van der Waals surface area contributed by atoms with Gasteiger partial charge in [0.2, 0.25) is 0 Å². The quantitative estimate of drug-likeness (QED) is 0.831. The van der Waals surface area contributed by atoms with Crippen LogP contribution in [0.5, 0.6) is 0 Å². The van der Waals surface area contributed by atoms with Gasteiger partial charge in [0, 0.05) is 13.1 Å². The van der Waals surface area contributed by atoms with Gasteiger partial charge < -0.3 is 10.6 Å². The van der Waals surface area contributed by atoms with Crippen LogP contribution in [0.3, 0.4) is 0 Å². The zero-order chi connectivity index (χ0) is 12.4. The highest BCUT2D eigenvalue weighted by Crippen LogP contribution is 2.22. The summed E-state index contributed by atoms with van der Waals surface area (Å²) in [5, 5.41) is 0. The fraction of sp³-hybridized carbons (Fsp3) is 0.267. The van der Waals surface area contributed by atoms with Gasteiger partial charge in [0.05, 0.1) is 0 Å². The Balaban J connectivity index is 1.91. The summed E-state index contributed by atoms with van der Waals surface area (Å²) < 4.78 is 0. The third-order valence-electron chi connectivity index (χ3n) is 3.43. The van der Waals surface area contributed by atoms with Gasteiger partial charge in [0.25, 0.3) is 0 Å². The topological polar surface area (TPSA) is 42.1 Å². The van der Waals surface area contributed by atoms with E-state index < -0.39 is 0 Å². The number of nitrogens with zero attached hydrogens (tertiary/aromatic N) is 2. The molecule has 3 heteroatoms. The lowest BCUT2D eigenvalue weighted by atomic mass is 10.0. The van der Waals surface area contributed by atoms with Crippen LogP contribution in [0, 0.1) is 0 Å². The normalized spacial score (nSPS) is 15.0. The molecule has 0 spiro atoms. The van der Waals surface area contributed by atoms with Crippen molar-refractivity contribution >= 4 is 11.6 Å². The van der Waals surface area contributed by atoms with Crippen molar-refractivity contribution in [3.8, 4) is 0 Å². The summed E-state index contributed by atoms with van der Waals surface area (Å²) in [4.78, 5) is 6.72. The molecule has 1 aromatic carbocycles. The Hall–Kier alpha value is -2.03. The number of aryl methyl sites for hydroxylation is 1. The Morgan fingerprint density at radius 1 is 1.00 bits per heavy atom. The predicted molar refractivity (Wildman–Crippen MR) is 74.5 cm³/mol. The van der Waals surface area contributed by atoms with Crippen molar-refractivity contribution < 1.29 is 0 Å². The van der Waals surface area contributed by atoms with Crippen molar-refractivity contribution in [2.75, 3.05) is 17.2 Å². The number of pyridine rings is 1. The molecule has 92 valence electrons. The molecule has 0 unspecified atom stereocenters. The van der Waals surface area contributed by atoms with E-state index in [1.54, 1.807) is 0 Å². The Morgan fingerprint density at radius 2 is 1.83 bits per heavy atom. The minimum Gasteiger partial charge on any atom is -0.384 e. The minimum absolute atomic E-state index is 0.588. The Bertz CT molecular complexity index is 551. The van der Waals surface area contributed by atoms with Crippen molar-refractivity contribution in [3.63, 3.8) is 0 Å². The average Bonchev–Trinajstić information content (AvgIpc) is 2.60. The minimum atomic E-state index is 0.588. The summed E-state index contributed by atoms with van der Waals surface area (Å²) in [6.45, 7) is 1.96. The van der Waals surface area contributed by atoms with Crippen molar-refractivity contribution in [2.45, 2.75) is 19.4 Å². The van der Waals surface area contributed by atoms with Crippen LogP contribution in [0.2, 0.25) is 0 Å². The number of rotatable bonds is 1. The van der Waals surface area contributed by atoms with Gasteiger partial charge in [0.1, 0.15) is 11.6 Å². The highest BCUT2D eigenvalue weighted by Gasteiger charge is 2.15. The molecule has 1 aliphatic heterocycles. The number of hydrogen-bond donors (Lipinski definition) is 1. The zero-order valence-electron chi connectivity index (χ0n) is 10.3. The summed E-state index contributed by atoms with van der Waals surface area (Å²) in [5.41, 5.74) is 8.63. The van der Waals surface area contributed by atoms with E-state index in [4.69, 9.17) is 5.73 Å². The zero-order valence-corrected chi connectivity index (χ0v) is 10.3. The first kappa shape index (κ1) is 11.1. The lowest BCUT2D eigenvalue weighted by molar-refractivity contribution is 0.755. The van der Waals surface area contributed by atoms with Crippen LogP contribution in [0.4, 0.5) is 11.6 Å². The first-order chi connectivity index (χ1) is 8.83. The van der Waals surface area contributed by atoms with E-state index in [1.165, 1.54) is 11.1 Å². The van der Waals surface area contributed by atoms with Crippen LogP contribution in [0.15, 0.2) is 42.5 Å². The second kappa shape index (κ2) is 4.69. The number of anilines is 2. The standard InChI is InChI=1S/C15H17N3/c16-14-8-3-9-15(17-14)18-10-4-7-12-5-1-2-6-13(12)11-18/h1-3,5-6,8-9H,4,7,10-11H2,(H2,16,17). The summed E-state index contributed by atoms with van der Waals surface area (Å²) in [7, 11) is 0. The van der Waals surface area contributed by atoms with E-state index in [-0.39, 0.29) is 0 Å². The fourth-order valence-corrected chi connectivity index (χ4v) is 2.51. The van der Waals surface area contributed by atoms with Crippen molar-refractivity contribution in [1.82, 2.24) is 4.98 Å². The first-order valence-corrected chi connectivity index (χ1v) is 6.37. The van der Waals surface area contributed by atoms with Crippen LogP contribution in [0.1, 0.15) is 17.5 Å². The number of nitrogens with two attached hydrogens (primary N) is 1. The third kappa shape index (κ3) is 2.16. The fourth-order valence-electron chi connectivity index (χ4n) is 2.51. The number of aromatic nitrogens is 1. The third-order valence-corrected chi connectivity index (χ3v) is 3.43. The van der Waals surface area contributed by atoms with E-state index in [1.807, 2.05) is 18.2 Å². The van der Waals surface area contributed by atoms with Gasteiger partial charge in [-0.3, -0.25) is 0 Å². The van der Waals surface area contributed by atoms with Crippen LogP contribution >= 0.6 is 0 Å². The van der Waals surface area contributed by atoms with E-state index in [9.17, 15) is 0 Å². The summed E-state index contributed by atoms with van der Waals surface area (Å²) in [6.07, 6.45) is 2.31. The molecule has 2 heterocycles. The molecule has 0 saturated carbocycles. The summed E-state index contributed by atoms with van der Waals surface area (Å²) >= 11 is 0. The van der Waals surface area contributed by atoms with Gasteiger partial charge in [0.15, 0.2) is 0 Å². The van der Waals surface area contributed by atoms with Crippen molar-refractivity contribution in [3.05, 3.63) is 53.6 Å². The van der Waals surface area contributed by atoms with E-state index in [2.05, 4.69) is 34.1 Å². The number of benzene rings is 1. The molecule has 0 radical (unpaired) electrons. The monoisotopic (exact) mass is 239 g/mol. The van der Waals surface area contributed by atoms with Crippen LogP contribution in [-0.4, -0.2) is 11.5 Å². The maximum absolute atomic E-state index is 5.76. The molecule has 0 saturated heterocycles. The Kier molecular flexibility index (Phi) is 2.89. The van der Waals surface area contributed by atoms with Gasteiger partial charge in [-0.1, -0.05) is 30.3 Å². The van der Waals surface area contributed by atoms with Crippen LogP contribution in [0.25, 0.3) is 0 Å². The number of fused-ring (bicyclic) bond motifs is 1. The van der Waals surface area contributed by atoms with E-state index in [0.717, 1.165) is 31.7 Å². The molecule has 0 fully saturated rings. The largest absolute Gasteiger partial charge is 0.384 e. The van der Waals surface area contributed by atoms with E-state index >= 15 is 0 Å². The molecule has 3 nitrogen and oxygen atoms in total. The lowest BCUT2D eigenvalue weighted by Gasteiger charge is -2.22. The molecule has 18 heavy (non-hydrogen) atoms. The maximum atomic E-state index is 5.76. The molecule has 2 N–H and O–H groups in total. The molecular weight excluding hydrogens is 222 g/mol. The summed E-state index contributed by atoms with van der Waals surface area (Å²) in [5.74, 6) is 1.57. The highest BCUT2D eigenvalue weighted by atomic mass is 15.2. The van der Waals surface area contributed by atoms with Gasteiger partial charge in [-0.15, -0.1) is 0 Å². The predicted octanol–water partition coefficient (Wildman–Crippen LogP) is 2.62. The molecule has 1 aliphatic rings. The molecule has 0 bridgehead atoms. The van der Waals surface area contributed by atoms with Crippen LogP contribution < -0.4 is 10.6 Å². The molecule has 0 amide bonds. The SMILES string of the molecule is Nc1cccc(N2CCCc3ccccc3C2)n1. The van der Waals surface area contributed by atoms with Gasteiger partial charge in [-0.2, -0.15) is 0 Å². The number of nitrogen functional groups attached to an aromatic ring is 1. The second-order valence-corrected chi connectivity index (χ2v) is 4.71. The molecule has 1 aromatic heterocycles. The van der Waals surface area contributed by atoms with Crippen LogP contribution in [-0.2, 0) is 13.0 Å². The van der Waals surface area contributed by atoms with E-state index in [0.29, 0.717) is 5.82 Å². The molecule has 0 aliphatic carbocycles. The van der Waals surface area contributed by atoms with Gasteiger partial charge in [-0.25, -0.2) is 4.98 Å². The molecule has 2 aromatic rings. The van der Waals surface area contributed by atoms with Crippen molar-refractivity contribution in [2.24, 2.45) is 0 Å². The average molecular weight is 239 g/mol. The highest BCUT2D eigenvalue weighted by molar-refractivity contribution is 5.46. The molecule has 3 rings (SSSR count). The molecule has 0 atom stereocenters. The van der Waals surface area contributed by atoms with Crippen molar-refractivity contribution in [1.29, 1.82) is 0 Å². The van der Waals surface area contributed by atoms with Gasteiger partial charge >= 0.3 is 0 Å².